The summed E-state index contributed by atoms with van der Waals surface area (Å²) in [6.07, 6.45) is 1.91. The number of anilines is 2. The molecule has 37 heavy (non-hydrogen) atoms. The van der Waals surface area contributed by atoms with Crippen LogP contribution < -0.4 is 20.1 Å². The van der Waals surface area contributed by atoms with Gasteiger partial charge in [0.2, 0.25) is 0 Å². The molecule has 1 fully saturated rings. The van der Waals surface area contributed by atoms with E-state index in [-0.39, 0.29) is 16.4 Å². The number of carbonyl (C=O) groups excluding carboxylic acids is 1. The lowest BCUT2D eigenvalue weighted by molar-refractivity contribution is 0.0981. The molecule has 1 amide bonds. The van der Waals surface area contributed by atoms with Crippen LogP contribution >= 0.6 is 0 Å². The number of aromatic nitrogens is 2. The maximum atomic E-state index is 13.3. The highest BCUT2D eigenvalue weighted by molar-refractivity contribution is 7.90. The number of piperidine rings is 1. The number of benzene rings is 1. The van der Waals surface area contributed by atoms with Crippen molar-refractivity contribution >= 4 is 27.6 Å². The van der Waals surface area contributed by atoms with Gasteiger partial charge in [-0.05, 0) is 61.1 Å². The molecular formula is C27H33N5O4S. The topological polar surface area (TPSA) is 128 Å². The molecule has 10 heteroatoms. The maximum absolute atomic E-state index is 13.3. The summed E-state index contributed by atoms with van der Waals surface area (Å²) in [7, 11) is -4.22. The van der Waals surface area contributed by atoms with E-state index in [0.29, 0.717) is 30.0 Å². The van der Waals surface area contributed by atoms with Gasteiger partial charge in [0.05, 0.1) is 17.9 Å². The molecule has 9 nitrogen and oxygen atoms in total. The van der Waals surface area contributed by atoms with E-state index in [4.69, 9.17) is 15.5 Å². The molecule has 4 rings (SSSR count). The van der Waals surface area contributed by atoms with Crippen LogP contribution in [-0.2, 0) is 10.0 Å². The Bertz CT molecular complexity index is 1370. The smallest absolute Gasteiger partial charge is 0.281 e. The summed E-state index contributed by atoms with van der Waals surface area (Å²) in [6.45, 7) is 8.41. The summed E-state index contributed by atoms with van der Waals surface area (Å²) < 4.78 is 33.7. The van der Waals surface area contributed by atoms with Gasteiger partial charge in [-0.1, -0.05) is 39.0 Å². The first-order valence-electron chi connectivity index (χ1n) is 12.4. The number of hydrogen-bond acceptors (Lipinski definition) is 8. The van der Waals surface area contributed by atoms with Gasteiger partial charge in [-0.25, -0.2) is 14.7 Å². The van der Waals surface area contributed by atoms with Crippen molar-refractivity contribution in [2.75, 3.05) is 30.3 Å². The van der Waals surface area contributed by atoms with Crippen molar-refractivity contribution < 1.29 is 17.9 Å². The third-order valence-electron chi connectivity index (χ3n) is 6.16. The Morgan fingerprint density at radius 3 is 2.54 bits per heavy atom. The summed E-state index contributed by atoms with van der Waals surface area (Å²) in [6, 6.07) is 15.2. The average molecular weight is 524 g/mol. The monoisotopic (exact) mass is 523 g/mol. The van der Waals surface area contributed by atoms with Gasteiger partial charge in [-0.2, -0.15) is 8.42 Å². The highest BCUT2D eigenvalue weighted by Crippen LogP contribution is 2.30. The predicted molar refractivity (Wildman–Crippen MR) is 144 cm³/mol. The molecule has 0 saturated carbocycles. The molecule has 0 spiro atoms. The molecule has 0 atom stereocenters. The van der Waals surface area contributed by atoms with Gasteiger partial charge in [-0.3, -0.25) is 4.79 Å². The van der Waals surface area contributed by atoms with Crippen molar-refractivity contribution in [2.24, 2.45) is 11.8 Å². The second-order valence-electron chi connectivity index (χ2n) is 9.81. The van der Waals surface area contributed by atoms with Crippen LogP contribution in [0.15, 0.2) is 59.6 Å². The van der Waals surface area contributed by atoms with Gasteiger partial charge in [0.15, 0.2) is 5.03 Å². The number of rotatable bonds is 8. The van der Waals surface area contributed by atoms with Gasteiger partial charge in [0.1, 0.15) is 17.4 Å². The number of amides is 1. The largest absolute Gasteiger partial charge is 0.493 e. The molecule has 1 aliphatic rings. The molecule has 0 bridgehead atoms. The van der Waals surface area contributed by atoms with Crippen molar-refractivity contribution in [2.45, 2.75) is 38.6 Å². The van der Waals surface area contributed by atoms with Gasteiger partial charge in [0, 0.05) is 18.7 Å². The zero-order valence-electron chi connectivity index (χ0n) is 21.3. The van der Waals surface area contributed by atoms with Gasteiger partial charge in [-0.15, -0.1) is 0 Å². The fourth-order valence-electron chi connectivity index (χ4n) is 4.07. The minimum absolute atomic E-state index is 0.0454. The van der Waals surface area contributed by atoms with E-state index in [0.717, 1.165) is 37.2 Å². The standard InChI is InChI=1S/C27H33N5O4S/c1-18(2)17-36-21-7-4-6-20(16-21)23-11-10-22(26(29-23)32-14-12-19(3)13-15-32)27(33)31-37(34,35)25-9-5-8-24(28)30-25/h4-11,16,18-19H,12-15,17H2,1-3H3,(H2,28,30)(H,31,33). The number of nitrogens with zero attached hydrogens (tertiary/aromatic N) is 3. The van der Waals surface area contributed by atoms with Crippen LogP contribution in [0.3, 0.4) is 0 Å². The molecule has 0 radical (unpaired) electrons. The number of nitrogen functional groups attached to an aromatic ring is 1. The van der Waals surface area contributed by atoms with E-state index in [9.17, 15) is 13.2 Å². The highest BCUT2D eigenvalue weighted by Gasteiger charge is 2.27. The van der Waals surface area contributed by atoms with Gasteiger partial charge >= 0.3 is 0 Å². The molecule has 1 aliphatic heterocycles. The van der Waals surface area contributed by atoms with Crippen LogP contribution in [0.4, 0.5) is 11.6 Å². The molecule has 0 unspecified atom stereocenters. The van der Waals surface area contributed by atoms with E-state index < -0.39 is 15.9 Å². The van der Waals surface area contributed by atoms with Crippen LogP contribution in [0, 0.1) is 11.8 Å². The van der Waals surface area contributed by atoms with Crippen molar-refractivity contribution in [3.63, 3.8) is 0 Å². The molecule has 1 aromatic carbocycles. The Kier molecular flexibility index (Phi) is 7.97. The van der Waals surface area contributed by atoms with Crippen LogP contribution in [-0.4, -0.2) is 44.0 Å². The van der Waals surface area contributed by atoms with Crippen molar-refractivity contribution in [3.05, 3.63) is 60.2 Å². The van der Waals surface area contributed by atoms with Crippen molar-refractivity contribution in [1.29, 1.82) is 0 Å². The summed E-state index contributed by atoms with van der Waals surface area (Å²) in [5.41, 5.74) is 7.32. The van der Waals surface area contributed by atoms with Crippen molar-refractivity contribution in [1.82, 2.24) is 14.7 Å². The average Bonchev–Trinajstić information content (AvgIpc) is 2.87. The van der Waals surface area contributed by atoms with Gasteiger partial charge in [0.25, 0.3) is 15.9 Å². The number of carbonyl (C=O) groups is 1. The SMILES string of the molecule is CC(C)COc1cccc(-c2ccc(C(=O)NS(=O)(=O)c3cccc(N)n3)c(N3CCC(C)CC3)n2)c1. The number of nitrogens with one attached hydrogen (secondary N) is 1. The Morgan fingerprint density at radius 1 is 1.11 bits per heavy atom. The first-order valence-corrected chi connectivity index (χ1v) is 13.9. The van der Waals surface area contributed by atoms with E-state index in [1.807, 2.05) is 29.2 Å². The lowest BCUT2D eigenvalue weighted by Crippen LogP contribution is -2.37. The molecule has 0 aliphatic carbocycles. The number of pyridine rings is 2. The van der Waals surface area contributed by atoms with E-state index in [1.54, 1.807) is 12.1 Å². The van der Waals surface area contributed by atoms with Crippen LogP contribution in [0.5, 0.6) is 5.75 Å². The Balaban J connectivity index is 1.67. The van der Waals surface area contributed by atoms with Gasteiger partial charge < -0.3 is 15.4 Å². The fourth-order valence-corrected chi connectivity index (χ4v) is 5.01. The number of ether oxygens (including phenoxy) is 1. The second kappa shape index (κ2) is 11.2. The highest BCUT2D eigenvalue weighted by atomic mass is 32.2. The fraction of sp³-hybridized carbons (Fsp3) is 0.370. The van der Waals surface area contributed by atoms with Crippen LogP contribution in [0.25, 0.3) is 11.3 Å². The first-order chi connectivity index (χ1) is 17.6. The quantitative estimate of drug-likeness (QED) is 0.451. The zero-order valence-corrected chi connectivity index (χ0v) is 22.2. The summed E-state index contributed by atoms with van der Waals surface area (Å²) in [5.74, 6) is 1.43. The Morgan fingerprint density at radius 2 is 1.84 bits per heavy atom. The van der Waals surface area contributed by atoms with Crippen molar-refractivity contribution in [3.8, 4) is 17.0 Å². The lowest BCUT2D eigenvalue weighted by atomic mass is 9.98. The lowest BCUT2D eigenvalue weighted by Gasteiger charge is -2.32. The molecule has 3 N–H and O–H groups in total. The third kappa shape index (κ3) is 6.56. The van der Waals surface area contributed by atoms with E-state index in [1.165, 1.54) is 18.2 Å². The van der Waals surface area contributed by atoms with E-state index >= 15 is 0 Å². The van der Waals surface area contributed by atoms with Crippen LogP contribution in [0.1, 0.15) is 44.0 Å². The summed E-state index contributed by atoms with van der Waals surface area (Å²) in [4.78, 5) is 24.0. The molecule has 3 heterocycles. The number of nitrogens with two attached hydrogens (primary N) is 1. The second-order valence-corrected chi connectivity index (χ2v) is 11.4. The first kappa shape index (κ1) is 26.4. The molecule has 196 valence electrons. The molecule has 3 aromatic rings. The molecule has 2 aromatic heterocycles. The van der Waals surface area contributed by atoms with E-state index in [2.05, 4.69) is 30.5 Å². The summed E-state index contributed by atoms with van der Waals surface area (Å²) >= 11 is 0. The van der Waals surface area contributed by atoms with Crippen LogP contribution in [0.2, 0.25) is 0 Å². The minimum Gasteiger partial charge on any atom is -0.493 e. The number of hydrogen-bond donors (Lipinski definition) is 2. The predicted octanol–water partition coefficient (Wildman–Crippen LogP) is 4.12. The Labute approximate surface area is 218 Å². The molecular weight excluding hydrogens is 490 g/mol. The third-order valence-corrected chi connectivity index (χ3v) is 7.40. The minimum atomic E-state index is -4.22. The number of sulfonamides is 1. The molecule has 1 saturated heterocycles. The summed E-state index contributed by atoms with van der Waals surface area (Å²) in [5, 5.41) is -0.322. The maximum Gasteiger partial charge on any atom is 0.281 e. The zero-order chi connectivity index (χ0) is 26.6. The normalized spacial score (nSPS) is 14.5. The Hall–Kier alpha value is -3.66.